The van der Waals surface area contributed by atoms with Crippen LogP contribution in [0.5, 0.6) is 0 Å². The summed E-state index contributed by atoms with van der Waals surface area (Å²) < 4.78 is 1.74. The summed E-state index contributed by atoms with van der Waals surface area (Å²) in [7, 11) is 0. The van der Waals surface area contributed by atoms with Gasteiger partial charge in [-0.3, -0.25) is 10.1 Å². The molecule has 0 spiro atoms. The van der Waals surface area contributed by atoms with Crippen molar-refractivity contribution in [3.8, 4) is 0 Å². The van der Waals surface area contributed by atoms with Gasteiger partial charge in [0, 0.05) is 12.6 Å². The zero-order valence-corrected chi connectivity index (χ0v) is 11.8. The van der Waals surface area contributed by atoms with Crippen LogP contribution in [-0.4, -0.2) is 20.7 Å². The number of aryl methyl sites for hydroxylation is 2. The molecule has 1 aliphatic carbocycles. The maximum atomic E-state index is 11.2. The van der Waals surface area contributed by atoms with Crippen LogP contribution in [0.15, 0.2) is 0 Å². The van der Waals surface area contributed by atoms with E-state index in [4.69, 9.17) is 0 Å². The molecule has 1 fully saturated rings. The first kappa shape index (κ1) is 13.8. The van der Waals surface area contributed by atoms with E-state index < -0.39 is 0 Å². The topological polar surface area (TPSA) is 73.0 Å². The molecule has 0 saturated heterocycles. The van der Waals surface area contributed by atoms with Gasteiger partial charge in [0.25, 0.3) is 0 Å². The smallest absolute Gasteiger partial charge is 0.333 e. The normalized spacial score (nSPS) is 21.4. The Hall–Kier alpha value is -1.59. The molecular weight excluding hydrogens is 244 g/mol. The van der Waals surface area contributed by atoms with Crippen LogP contribution in [0.25, 0.3) is 0 Å². The predicted molar refractivity (Wildman–Crippen MR) is 74.3 cm³/mol. The zero-order valence-electron chi connectivity index (χ0n) is 11.8. The molecule has 2 unspecified atom stereocenters. The lowest BCUT2D eigenvalue weighted by molar-refractivity contribution is -0.384. The molecule has 0 aliphatic heterocycles. The Balaban J connectivity index is 2.19. The lowest BCUT2D eigenvalue weighted by Crippen LogP contribution is -2.12. The standard InChI is InChI=1S/C13H22N4O2/c1-4-6-10-8-11(10)14-13-12(17(18)19)9(3)15-16(13)7-5-2/h10-11,14H,4-8H2,1-3H3. The highest BCUT2D eigenvalue weighted by atomic mass is 16.6. The first-order chi connectivity index (χ1) is 9.08. The van der Waals surface area contributed by atoms with Crippen LogP contribution in [0, 0.1) is 23.0 Å². The van der Waals surface area contributed by atoms with Crippen molar-refractivity contribution in [3.63, 3.8) is 0 Å². The molecule has 0 amide bonds. The largest absolute Gasteiger partial charge is 0.362 e. The van der Waals surface area contributed by atoms with Gasteiger partial charge in [0.15, 0.2) is 0 Å². The van der Waals surface area contributed by atoms with E-state index in [1.165, 1.54) is 6.42 Å². The molecule has 1 N–H and O–H groups in total. The third-order valence-electron chi connectivity index (χ3n) is 3.62. The average Bonchev–Trinajstić information content (AvgIpc) is 2.97. The summed E-state index contributed by atoms with van der Waals surface area (Å²) in [6.45, 7) is 6.63. The Morgan fingerprint density at radius 1 is 1.47 bits per heavy atom. The average molecular weight is 266 g/mol. The molecule has 1 aliphatic rings. The number of nitro groups is 1. The minimum atomic E-state index is -0.325. The molecule has 1 aromatic rings. The molecule has 2 rings (SSSR count). The van der Waals surface area contributed by atoms with E-state index in [1.54, 1.807) is 11.6 Å². The molecule has 0 bridgehead atoms. The summed E-state index contributed by atoms with van der Waals surface area (Å²) in [4.78, 5) is 10.9. The first-order valence-corrected chi connectivity index (χ1v) is 7.06. The zero-order chi connectivity index (χ0) is 14.0. The lowest BCUT2D eigenvalue weighted by Gasteiger charge is -2.08. The number of nitrogens with zero attached hydrogens (tertiary/aromatic N) is 3. The molecular formula is C13H22N4O2. The molecule has 19 heavy (non-hydrogen) atoms. The second kappa shape index (κ2) is 5.59. The van der Waals surface area contributed by atoms with Crippen molar-refractivity contribution in [1.29, 1.82) is 0 Å². The quantitative estimate of drug-likeness (QED) is 0.608. The number of rotatable bonds is 7. The second-order valence-corrected chi connectivity index (χ2v) is 5.30. The van der Waals surface area contributed by atoms with Crippen LogP contribution in [0.2, 0.25) is 0 Å². The Morgan fingerprint density at radius 2 is 2.21 bits per heavy atom. The van der Waals surface area contributed by atoms with Crippen molar-refractivity contribution in [2.24, 2.45) is 5.92 Å². The fourth-order valence-electron chi connectivity index (χ4n) is 2.60. The Bertz CT molecular complexity index is 469. The highest BCUT2D eigenvalue weighted by molar-refractivity contribution is 5.60. The SMILES string of the molecule is CCCC1CC1Nc1c([N+](=O)[O-])c(C)nn1CCC. The molecule has 6 heteroatoms. The van der Waals surface area contributed by atoms with Crippen LogP contribution in [0.4, 0.5) is 11.5 Å². The fourth-order valence-corrected chi connectivity index (χ4v) is 2.60. The van der Waals surface area contributed by atoms with Gasteiger partial charge in [-0.15, -0.1) is 0 Å². The van der Waals surface area contributed by atoms with E-state index >= 15 is 0 Å². The van der Waals surface area contributed by atoms with E-state index in [0.29, 0.717) is 30.0 Å². The molecule has 1 saturated carbocycles. The summed E-state index contributed by atoms with van der Waals surface area (Å²) in [5.41, 5.74) is 0.629. The molecule has 2 atom stereocenters. The van der Waals surface area contributed by atoms with Gasteiger partial charge in [-0.1, -0.05) is 20.3 Å². The summed E-state index contributed by atoms with van der Waals surface area (Å²) in [6.07, 6.45) is 4.38. The van der Waals surface area contributed by atoms with Gasteiger partial charge in [-0.25, -0.2) is 4.68 Å². The minimum Gasteiger partial charge on any atom is -0.362 e. The summed E-state index contributed by atoms with van der Waals surface area (Å²) in [5, 5.41) is 18.8. The van der Waals surface area contributed by atoms with Gasteiger partial charge in [-0.05, 0) is 32.1 Å². The Kier molecular flexibility index (Phi) is 4.07. The minimum absolute atomic E-state index is 0.135. The van der Waals surface area contributed by atoms with Crippen LogP contribution in [-0.2, 0) is 6.54 Å². The van der Waals surface area contributed by atoms with E-state index in [9.17, 15) is 10.1 Å². The van der Waals surface area contributed by atoms with Gasteiger partial charge >= 0.3 is 5.69 Å². The first-order valence-electron chi connectivity index (χ1n) is 7.06. The number of nitrogens with one attached hydrogen (secondary N) is 1. The monoisotopic (exact) mass is 266 g/mol. The summed E-state index contributed by atoms with van der Waals surface area (Å²) in [6, 6.07) is 0.380. The number of hydrogen-bond donors (Lipinski definition) is 1. The van der Waals surface area contributed by atoms with Crippen molar-refractivity contribution < 1.29 is 4.92 Å². The van der Waals surface area contributed by atoms with E-state index in [-0.39, 0.29) is 10.6 Å². The third-order valence-corrected chi connectivity index (χ3v) is 3.62. The van der Waals surface area contributed by atoms with Gasteiger partial charge in [0.05, 0.1) is 4.92 Å². The Morgan fingerprint density at radius 3 is 2.79 bits per heavy atom. The molecule has 106 valence electrons. The van der Waals surface area contributed by atoms with E-state index in [0.717, 1.165) is 19.3 Å². The summed E-state index contributed by atoms with van der Waals surface area (Å²) in [5.74, 6) is 1.25. The highest BCUT2D eigenvalue weighted by Gasteiger charge is 2.39. The second-order valence-electron chi connectivity index (χ2n) is 5.30. The van der Waals surface area contributed by atoms with Gasteiger partial charge in [0.2, 0.25) is 5.82 Å². The van der Waals surface area contributed by atoms with Crippen molar-refractivity contribution >= 4 is 11.5 Å². The van der Waals surface area contributed by atoms with Gasteiger partial charge in [0.1, 0.15) is 5.69 Å². The van der Waals surface area contributed by atoms with Crippen molar-refractivity contribution in [2.45, 2.75) is 59.0 Å². The van der Waals surface area contributed by atoms with Crippen LogP contribution < -0.4 is 5.32 Å². The van der Waals surface area contributed by atoms with Crippen molar-refractivity contribution in [2.75, 3.05) is 5.32 Å². The fraction of sp³-hybridized carbons (Fsp3) is 0.769. The van der Waals surface area contributed by atoms with Crippen molar-refractivity contribution in [1.82, 2.24) is 9.78 Å². The van der Waals surface area contributed by atoms with E-state index in [1.807, 2.05) is 6.92 Å². The summed E-state index contributed by atoms with van der Waals surface area (Å²) >= 11 is 0. The van der Waals surface area contributed by atoms with Gasteiger partial charge < -0.3 is 5.32 Å². The number of aromatic nitrogens is 2. The molecule has 0 radical (unpaired) electrons. The Labute approximate surface area is 113 Å². The highest BCUT2D eigenvalue weighted by Crippen LogP contribution is 2.40. The van der Waals surface area contributed by atoms with Gasteiger partial charge in [-0.2, -0.15) is 5.10 Å². The number of anilines is 1. The lowest BCUT2D eigenvalue weighted by atomic mass is 10.2. The number of hydrogen-bond acceptors (Lipinski definition) is 4. The maximum absolute atomic E-state index is 11.2. The van der Waals surface area contributed by atoms with Crippen LogP contribution in [0.1, 0.15) is 45.2 Å². The molecule has 0 aromatic carbocycles. The maximum Gasteiger partial charge on any atom is 0.333 e. The van der Waals surface area contributed by atoms with E-state index in [2.05, 4.69) is 17.3 Å². The predicted octanol–water partition coefficient (Wildman–Crippen LogP) is 3.11. The van der Waals surface area contributed by atoms with Crippen molar-refractivity contribution in [3.05, 3.63) is 15.8 Å². The molecule has 1 heterocycles. The third kappa shape index (κ3) is 2.88. The molecule has 6 nitrogen and oxygen atoms in total. The van der Waals surface area contributed by atoms with Crippen LogP contribution in [0.3, 0.4) is 0 Å². The molecule has 1 aromatic heterocycles. The van der Waals surface area contributed by atoms with Crippen LogP contribution >= 0.6 is 0 Å².